The average Bonchev–Trinajstić information content (AvgIpc) is 1.64. The van der Waals surface area contributed by atoms with Crippen molar-refractivity contribution >= 4 is 0 Å². The molecular weight excluding hydrogens is 100 g/mol. The number of rotatable bonds is 0. The predicted molar refractivity (Wildman–Crippen MR) is 33.4 cm³/mol. The van der Waals surface area contributed by atoms with Crippen molar-refractivity contribution in [2.45, 2.75) is 20.0 Å². The van der Waals surface area contributed by atoms with Crippen molar-refractivity contribution in [3.05, 3.63) is 24.0 Å². The van der Waals surface area contributed by atoms with E-state index in [0.29, 0.717) is 0 Å². The Morgan fingerprint density at radius 3 is 2.75 bits per heavy atom. The molecule has 0 N–H and O–H groups in total. The summed E-state index contributed by atoms with van der Waals surface area (Å²) < 4.78 is 5.26. The van der Waals surface area contributed by atoms with E-state index in [2.05, 4.69) is 0 Å². The minimum absolute atomic E-state index is 0.264. The van der Waals surface area contributed by atoms with Crippen LogP contribution in [0.1, 0.15) is 13.8 Å². The molecule has 0 amide bonds. The normalized spacial score (nSPS) is 26.8. The molecule has 0 aliphatic carbocycles. The van der Waals surface area contributed by atoms with E-state index in [1.165, 1.54) is 0 Å². The maximum Gasteiger partial charge on any atom is 0.114 e. The minimum Gasteiger partial charge on any atom is -0.491 e. The molecule has 0 aromatic heterocycles. The van der Waals surface area contributed by atoms with Crippen LogP contribution in [0.5, 0.6) is 0 Å². The van der Waals surface area contributed by atoms with E-state index in [4.69, 9.17) is 4.74 Å². The highest BCUT2D eigenvalue weighted by molar-refractivity contribution is 5.12. The van der Waals surface area contributed by atoms with E-state index in [1.54, 1.807) is 0 Å². The molecule has 1 rings (SSSR count). The maximum atomic E-state index is 5.26. The van der Waals surface area contributed by atoms with Gasteiger partial charge in [0.25, 0.3) is 0 Å². The summed E-state index contributed by atoms with van der Waals surface area (Å²) in [6, 6.07) is 0. The number of hydrogen-bond donors (Lipinski definition) is 0. The van der Waals surface area contributed by atoms with Crippen molar-refractivity contribution in [2.24, 2.45) is 0 Å². The molecule has 0 bridgehead atoms. The first kappa shape index (κ1) is 5.42. The number of hydrogen-bond acceptors (Lipinski definition) is 1. The Hall–Kier alpha value is -0.720. The molecule has 0 saturated carbocycles. The maximum absolute atomic E-state index is 5.26. The summed E-state index contributed by atoms with van der Waals surface area (Å²) >= 11 is 0. The first-order valence-electron chi connectivity index (χ1n) is 2.81. The van der Waals surface area contributed by atoms with Gasteiger partial charge in [-0.1, -0.05) is 6.08 Å². The van der Waals surface area contributed by atoms with E-state index in [0.717, 1.165) is 5.76 Å². The molecule has 1 atom stereocenters. The standard InChI is InChI=1S/C7H10O/c1-6-4-3-5-7(2)8-6/h3-6H,1-2H3. The Labute approximate surface area is 49.7 Å². The summed E-state index contributed by atoms with van der Waals surface area (Å²) in [7, 11) is 0. The van der Waals surface area contributed by atoms with Crippen molar-refractivity contribution in [3.63, 3.8) is 0 Å². The molecule has 1 unspecified atom stereocenters. The molecule has 0 spiro atoms. The van der Waals surface area contributed by atoms with E-state index < -0.39 is 0 Å². The van der Waals surface area contributed by atoms with Gasteiger partial charge in [0.2, 0.25) is 0 Å². The van der Waals surface area contributed by atoms with Gasteiger partial charge >= 0.3 is 0 Å². The fourth-order valence-corrected chi connectivity index (χ4v) is 0.719. The number of ether oxygens (including phenoxy) is 1. The number of allylic oxidation sites excluding steroid dienone is 3. The van der Waals surface area contributed by atoms with Gasteiger partial charge < -0.3 is 4.74 Å². The molecule has 0 saturated heterocycles. The molecule has 44 valence electrons. The van der Waals surface area contributed by atoms with Crippen LogP contribution in [0.15, 0.2) is 24.0 Å². The topological polar surface area (TPSA) is 9.23 Å². The Morgan fingerprint density at radius 1 is 1.62 bits per heavy atom. The van der Waals surface area contributed by atoms with Crippen molar-refractivity contribution in [2.75, 3.05) is 0 Å². The van der Waals surface area contributed by atoms with E-state index >= 15 is 0 Å². The summed E-state index contributed by atoms with van der Waals surface area (Å²) in [4.78, 5) is 0. The van der Waals surface area contributed by atoms with Crippen LogP contribution in [-0.2, 0) is 4.74 Å². The van der Waals surface area contributed by atoms with E-state index in [9.17, 15) is 0 Å². The summed E-state index contributed by atoms with van der Waals surface area (Å²) in [6.45, 7) is 3.98. The molecule has 0 fully saturated rings. The molecule has 8 heavy (non-hydrogen) atoms. The lowest BCUT2D eigenvalue weighted by Gasteiger charge is -2.13. The van der Waals surface area contributed by atoms with Crippen LogP contribution < -0.4 is 0 Å². The Kier molecular flexibility index (Phi) is 1.38. The molecule has 0 aromatic carbocycles. The summed E-state index contributed by atoms with van der Waals surface area (Å²) in [5, 5.41) is 0. The van der Waals surface area contributed by atoms with Gasteiger partial charge in [-0.2, -0.15) is 0 Å². The second kappa shape index (κ2) is 2.03. The quantitative estimate of drug-likeness (QED) is 0.462. The van der Waals surface area contributed by atoms with Crippen molar-refractivity contribution < 1.29 is 4.74 Å². The molecule has 1 aliphatic heterocycles. The first-order chi connectivity index (χ1) is 3.79. The molecule has 1 heteroatoms. The second-order valence-corrected chi connectivity index (χ2v) is 1.99. The van der Waals surface area contributed by atoms with Gasteiger partial charge in [0.15, 0.2) is 0 Å². The lowest BCUT2D eigenvalue weighted by atomic mass is 10.3. The fourth-order valence-electron chi connectivity index (χ4n) is 0.719. The third kappa shape index (κ3) is 1.12. The van der Waals surface area contributed by atoms with Crippen LogP contribution in [0.2, 0.25) is 0 Å². The molecule has 1 aliphatic rings. The van der Waals surface area contributed by atoms with Gasteiger partial charge in [0.05, 0.1) is 5.76 Å². The predicted octanol–water partition coefficient (Wildman–Crippen LogP) is 1.87. The zero-order valence-corrected chi connectivity index (χ0v) is 5.22. The van der Waals surface area contributed by atoms with Gasteiger partial charge in [-0.05, 0) is 26.0 Å². The van der Waals surface area contributed by atoms with Crippen molar-refractivity contribution in [1.82, 2.24) is 0 Å². The van der Waals surface area contributed by atoms with Gasteiger partial charge in [0.1, 0.15) is 6.10 Å². The Bertz CT molecular complexity index is 133. The molecule has 1 heterocycles. The highest BCUT2D eigenvalue weighted by atomic mass is 16.5. The lowest BCUT2D eigenvalue weighted by Crippen LogP contribution is -2.04. The monoisotopic (exact) mass is 110 g/mol. The zero-order chi connectivity index (χ0) is 5.98. The largest absolute Gasteiger partial charge is 0.491 e. The highest BCUT2D eigenvalue weighted by Crippen LogP contribution is 2.07. The SMILES string of the molecule is CC1=CC=CC(C)O1. The highest BCUT2D eigenvalue weighted by Gasteiger charge is 1.99. The molecule has 0 aromatic rings. The second-order valence-electron chi connectivity index (χ2n) is 1.99. The third-order valence-electron chi connectivity index (χ3n) is 1.08. The lowest BCUT2D eigenvalue weighted by molar-refractivity contribution is 0.168. The van der Waals surface area contributed by atoms with Crippen LogP contribution in [0, 0.1) is 0 Å². The summed E-state index contributed by atoms with van der Waals surface area (Å²) in [6.07, 6.45) is 6.26. The van der Waals surface area contributed by atoms with Crippen molar-refractivity contribution in [3.8, 4) is 0 Å². The molecule has 1 nitrogen and oxygen atoms in total. The van der Waals surface area contributed by atoms with Crippen molar-refractivity contribution in [1.29, 1.82) is 0 Å². The van der Waals surface area contributed by atoms with Crippen LogP contribution in [0.25, 0.3) is 0 Å². The summed E-state index contributed by atoms with van der Waals surface area (Å²) in [5.41, 5.74) is 0. The van der Waals surface area contributed by atoms with E-state index in [-0.39, 0.29) is 6.10 Å². The minimum atomic E-state index is 0.264. The Balaban J connectivity index is 2.59. The molecule has 0 radical (unpaired) electrons. The van der Waals surface area contributed by atoms with Gasteiger partial charge in [-0.3, -0.25) is 0 Å². The van der Waals surface area contributed by atoms with Gasteiger partial charge in [0, 0.05) is 0 Å². The first-order valence-corrected chi connectivity index (χ1v) is 2.81. The fraction of sp³-hybridized carbons (Fsp3) is 0.429. The van der Waals surface area contributed by atoms with Crippen LogP contribution in [-0.4, -0.2) is 6.10 Å². The average molecular weight is 110 g/mol. The Morgan fingerprint density at radius 2 is 2.38 bits per heavy atom. The zero-order valence-electron chi connectivity index (χ0n) is 5.22. The smallest absolute Gasteiger partial charge is 0.114 e. The van der Waals surface area contributed by atoms with Gasteiger partial charge in [-0.15, -0.1) is 0 Å². The molecular formula is C7H10O. The van der Waals surface area contributed by atoms with E-state index in [1.807, 2.05) is 32.1 Å². The van der Waals surface area contributed by atoms with Crippen LogP contribution in [0.4, 0.5) is 0 Å². The van der Waals surface area contributed by atoms with Crippen LogP contribution >= 0.6 is 0 Å². The third-order valence-corrected chi connectivity index (χ3v) is 1.08. The van der Waals surface area contributed by atoms with Crippen LogP contribution in [0.3, 0.4) is 0 Å². The van der Waals surface area contributed by atoms with Gasteiger partial charge in [-0.25, -0.2) is 0 Å². The summed E-state index contributed by atoms with van der Waals surface area (Å²) in [5.74, 6) is 1.00.